The van der Waals surface area contributed by atoms with E-state index in [2.05, 4.69) is 17.6 Å². The van der Waals surface area contributed by atoms with Crippen molar-refractivity contribution in [2.45, 2.75) is 52.0 Å². The summed E-state index contributed by atoms with van der Waals surface area (Å²) >= 11 is 17.0. The van der Waals surface area contributed by atoms with E-state index in [0.717, 1.165) is 18.4 Å². The monoisotopic (exact) mass is 360 g/mol. The molecular weight excluding hydrogens is 339 g/mol. The van der Waals surface area contributed by atoms with Crippen molar-refractivity contribution in [3.63, 3.8) is 0 Å². The van der Waals surface area contributed by atoms with Crippen molar-refractivity contribution in [3.05, 3.63) is 33.8 Å². The number of hydrogen-bond donors (Lipinski definition) is 2. The first kappa shape index (κ1) is 19.2. The molecule has 1 rings (SSSR count). The molecule has 0 saturated carbocycles. The van der Waals surface area contributed by atoms with Gasteiger partial charge in [0.05, 0.1) is 0 Å². The highest BCUT2D eigenvalue weighted by Crippen LogP contribution is 2.20. The molecule has 1 aromatic carbocycles. The molecule has 0 fully saturated rings. The van der Waals surface area contributed by atoms with Crippen molar-refractivity contribution in [1.29, 1.82) is 0 Å². The molecule has 0 aromatic heterocycles. The molecular formula is C16H22Cl2N2OS. The third kappa shape index (κ3) is 7.97. The maximum Gasteiger partial charge on any atom is 0.226 e. The summed E-state index contributed by atoms with van der Waals surface area (Å²) in [4.78, 5) is 11.7. The lowest BCUT2D eigenvalue weighted by Gasteiger charge is -2.10. The van der Waals surface area contributed by atoms with Gasteiger partial charge in [0.25, 0.3) is 0 Å². The summed E-state index contributed by atoms with van der Waals surface area (Å²) in [5.41, 5.74) is 0.877. The van der Waals surface area contributed by atoms with Gasteiger partial charge in [-0.15, -0.1) is 0 Å². The summed E-state index contributed by atoms with van der Waals surface area (Å²) in [7, 11) is 0. The Balaban J connectivity index is 2.23. The van der Waals surface area contributed by atoms with Gasteiger partial charge in [0.15, 0.2) is 5.11 Å². The number of halogens is 2. The normalized spacial score (nSPS) is 10.3. The SMILES string of the molecule is CCCCCCCC(=O)NC(=S)NCc1ccc(Cl)cc1Cl. The van der Waals surface area contributed by atoms with E-state index in [1.807, 2.05) is 6.07 Å². The molecule has 0 aliphatic heterocycles. The zero-order valence-corrected chi connectivity index (χ0v) is 15.1. The van der Waals surface area contributed by atoms with Gasteiger partial charge in [-0.1, -0.05) is 61.9 Å². The average molecular weight is 361 g/mol. The summed E-state index contributed by atoms with van der Waals surface area (Å²) < 4.78 is 0. The molecule has 0 bridgehead atoms. The number of thiocarbonyl (C=S) groups is 1. The highest BCUT2D eigenvalue weighted by Gasteiger charge is 2.06. The topological polar surface area (TPSA) is 41.1 Å². The van der Waals surface area contributed by atoms with Crippen LogP contribution in [0.5, 0.6) is 0 Å². The Bertz CT molecular complexity index is 509. The van der Waals surface area contributed by atoms with Gasteiger partial charge >= 0.3 is 0 Å². The molecule has 2 N–H and O–H groups in total. The highest BCUT2D eigenvalue weighted by molar-refractivity contribution is 7.80. The van der Waals surface area contributed by atoms with Crippen LogP contribution >= 0.6 is 35.4 Å². The fraction of sp³-hybridized carbons (Fsp3) is 0.500. The lowest BCUT2D eigenvalue weighted by Crippen LogP contribution is -2.38. The molecule has 0 aliphatic carbocycles. The summed E-state index contributed by atoms with van der Waals surface area (Å²) in [6.45, 7) is 2.62. The predicted molar refractivity (Wildman–Crippen MR) is 97.4 cm³/mol. The van der Waals surface area contributed by atoms with Gasteiger partial charge in [-0.2, -0.15) is 0 Å². The smallest absolute Gasteiger partial charge is 0.226 e. The van der Waals surface area contributed by atoms with Crippen molar-refractivity contribution < 1.29 is 4.79 Å². The summed E-state index contributed by atoms with van der Waals surface area (Å²) in [5.74, 6) is -0.0452. The lowest BCUT2D eigenvalue weighted by molar-refractivity contribution is -0.119. The maximum absolute atomic E-state index is 11.7. The zero-order chi connectivity index (χ0) is 16.4. The minimum atomic E-state index is -0.0452. The van der Waals surface area contributed by atoms with Gasteiger partial charge in [0.2, 0.25) is 5.91 Å². The van der Waals surface area contributed by atoms with Crippen LogP contribution in [0.3, 0.4) is 0 Å². The van der Waals surface area contributed by atoms with Crippen LogP contribution in [0.25, 0.3) is 0 Å². The van der Waals surface area contributed by atoms with E-state index in [1.165, 1.54) is 19.3 Å². The summed E-state index contributed by atoms with van der Waals surface area (Å²) in [6.07, 6.45) is 6.10. The van der Waals surface area contributed by atoms with E-state index in [-0.39, 0.29) is 5.91 Å². The lowest BCUT2D eigenvalue weighted by atomic mass is 10.1. The largest absolute Gasteiger partial charge is 0.358 e. The molecule has 1 amide bonds. The van der Waals surface area contributed by atoms with Crippen molar-refractivity contribution in [2.24, 2.45) is 0 Å². The molecule has 0 heterocycles. The molecule has 0 aliphatic rings. The standard InChI is InChI=1S/C16H22Cl2N2OS/c1-2-3-4-5-6-7-15(21)20-16(22)19-11-12-8-9-13(17)10-14(12)18/h8-10H,2-7,11H2,1H3,(H2,19,20,21,22). The predicted octanol–water partition coefficient (Wildman–Crippen LogP) is 4.84. The Hall–Kier alpha value is -0.840. The first-order valence-corrected chi connectivity index (χ1v) is 8.71. The van der Waals surface area contributed by atoms with Crippen molar-refractivity contribution in [3.8, 4) is 0 Å². The molecule has 1 aromatic rings. The van der Waals surface area contributed by atoms with E-state index in [1.54, 1.807) is 12.1 Å². The number of hydrogen-bond acceptors (Lipinski definition) is 2. The number of amides is 1. The zero-order valence-electron chi connectivity index (χ0n) is 12.8. The Labute approximate surface area is 147 Å². The van der Waals surface area contributed by atoms with Crippen molar-refractivity contribution in [1.82, 2.24) is 10.6 Å². The van der Waals surface area contributed by atoms with E-state index in [9.17, 15) is 4.79 Å². The van der Waals surface area contributed by atoms with Gasteiger partial charge in [-0.05, 0) is 36.3 Å². The Morgan fingerprint density at radius 3 is 2.59 bits per heavy atom. The first-order chi connectivity index (χ1) is 10.5. The third-order valence-corrected chi connectivity index (χ3v) is 4.05. The summed E-state index contributed by atoms with van der Waals surface area (Å²) in [6, 6.07) is 5.27. The van der Waals surface area contributed by atoms with E-state index < -0.39 is 0 Å². The fourth-order valence-corrected chi connectivity index (χ4v) is 2.62. The van der Waals surface area contributed by atoms with Gasteiger partial charge in [-0.3, -0.25) is 4.79 Å². The van der Waals surface area contributed by atoms with E-state index in [0.29, 0.717) is 28.1 Å². The molecule has 0 radical (unpaired) electrons. The van der Waals surface area contributed by atoms with Crippen LogP contribution in [0.1, 0.15) is 51.0 Å². The number of benzene rings is 1. The van der Waals surface area contributed by atoms with Gasteiger partial charge < -0.3 is 10.6 Å². The molecule has 0 atom stereocenters. The number of rotatable bonds is 8. The Kier molecular flexibility index (Phi) is 9.44. The van der Waals surface area contributed by atoms with Crippen LogP contribution in [0.4, 0.5) is 0 Å². The van der Waals surface area contributed by atoms with Gasteiger partial charge in [-0.25, -0.2) is 0 Å². The molecule has 0 unspecified atom stereocenters. The fourth-order valence-electron chi connectivity index (χ4n) is 1.96. The van der Waals surface area contributed by atoms with Crippen molar-refractivity contribution >= 4 is 46.4 Å². The van der Waals surface area contributed by atoms with Crippen LogP contribution in [0, 0.1) is 0 Å². The number of nitrogens with one attached hydrogen (secondary N) is 2. The Morgan fingerprint density at radius 2 is 1.91 bits per heavy atom. The maximum atomic E-state index is 11.7. The second kappa shape index (κ2) is 10.8. The average Bonchev–Trinajstić information content (AvgIpc) is 2.46. The minimum absolute atomic E-state index is 0.0452. The second-order valence-electron chi connectivity index (χ2n) is 5.13. The quantitative estimate of drug-likeness (QED) is 0.514. The highest BCUT2D eigenvalue weighted by atomic mass is 35.5. The second-order valence-corrected chi connectivity index (χ2v) is 6.38. The summed E-state index contributed by atoms with van der Waals surface area (Å²) in [5, 5.41) is 7.15. The van der Waals surface area contributed by atoms with Crippen molar-refractivity contribution in [2.75, 3.05) is 0 Å². The molecule has 6 heteroatoms. The van der Waals surface area contributed by atoms with Crippen LogP contribution in [0.2, 0.25) is 10.0 Å². The van der Waals surface area contributed by atoms with Crippen LogP contribution in [0.15, 0.2) is 18.2 Å². The Morgan fingerprint density at radius 1 is 1.18 bits per heavy atom. The molecule has 22 heavy (non-hydrogen) atoms. The minimum Gasteiger partial charge on any atom is -0.358 e. The molecule has 0 spiro atoms. The molecule has 0 saturated heterocycles. The van der Waals surface area contributed by atoms with E-state index >= 15 is 0 Å². The third-order valence-electron chi connectivity index (χ3n) is 3.21. The molecule has 122 valence electrons. The van der Waals surface area contributed by atoms with Crippen LogP contribution in [-0.4, -0.2) is 11.0 Å². The molecule has 3 nitrogen and oxygen atoms in total. The van der Waals surface area contributed by atoms with Crippen LogP contribution in [-0.2, 0) is 11.3 Å². The van der Waals surface area contributed by atoms with E-state index in [4.69, 9.17) is 35.4 Å². The number of unbranched alkanes of at least 4 members (excludes halogenated alkanes) is 4. The van der Waals surface area contributed by atoms with Gasteiger partial charge in [0.1, 0.15) is 0 Å². The number of carbonyl (C=O) groups is 1. The number of carbonyl (C=O) groups excluding carboxylic acids is 1. The first-order valence-electron chi connectivity index (χ1n) is 7.54. The van der Waals surface area contributed by atoms with Crippen LogP contribution < -0.4 is 10.6 Å². The van der Waals surface area contributed by atoms with Gasteiger partial charge in [0, 0.05) is 23.0 Å².